The van der Waals surface area contributed by atoms with Crippen molar-refractivity contribution in [3.05, 3.63) is 88.5 Å². The Balaban J connectivity index is 1.64. The number of methoxy groups -OCH3 is 1. The van der Waals surface area contributed by atoms with Crippen LogP contribution in [0.5, 0.6) is 11.5 Å². The van der Waals surface area contributed by atoms with Crippen molar-refractivity contribution in [2.24, 2.45) is 0 Å². The summed E-state index contributed by atoms with van der Waals surface area (Å²) in [6.45, 7) is 8.51. The average Bonchev–Trinajstić information content (AvgIpc) is 2.82. The maximum Gasteiger partial charge on any atom is 0.120 e. The zero-order valence-corrected chi connectivity index (χ0v) is 19.8. The Hall–Kier alpha value is -2.94. The lowest BCUT2D eigenvalue weighted by Crippen LogP contribution is -2.25. The number of benzene rings is 3. The van der Waals surface area contributed by atoms with Gasteiger partial charge in [-0.25, -0.2) is 0 Å². The zero-order valence-electron chi connectivity index (χ0n) is 19.8. The summed E-state index contributed by atoms with van der Waals surface area (Å²) in [5.74, 6) is 2.28. The molecule has 0 unspecified atom stereocenters. The topological polar surface area (TPSA) is 32.7 Å². The summed E-state index contributed by atoms with van der Waals surface area (Å²) in [7, 11) is 1.74. The van der Waals surface area contributed by atoms with E-state index in [-0.39, 0.29) is 0 Å². The summed E-state index contributed by atoms with van der Waals surface area (Å²) in [6.07, 6.45) is 3.11. The fourth-order valence-electron chi connectivity index (χ4n) is 4.87. The van der Waals surface area contributed by atoms with Crippen molar-refractivity contribution < 1.29 is 9.84 Å². The number of fused-ring (bicyclic) bond motifs is 1. The second-order valence-corrected chi connectivity index (χ2v) is 9.23. The highest BCUT2D eigenvalue weighted by atomic mass is 16.5. The second-order valence-electron chi connectivity index (χ2n) is 9.23. The van der Waals surface area contributed by atoms with Crippen LogP contribution in [0.3, 0.4) is 0 Å². The monoisotopic (exact) mass is 429 g/mol. The smallest absolute Gasteiger partial charge is 0.120 e. The van der Waals surface area contributed by atoms with E-state index in [4.69, 9.17) is 4.74 Å². The zero-order chi connectivity index (χ0) is 22.7. The summed E-state index contributed by atoms with van der Waals surface area (Å²) >= 11 is 0. The lowest BCUT2D eigenvalue weighted by Gasteiger charge is -2.32. The summed E-state index contributed by atoms with van der Waals surface area (Å²) in [4.78, 5) is 2.47. The number of hydrogen-bond acceptors (Lipinski definition) is 3. The molecule has 1 atom stereocenters. The van der Waals surface area contributed by atoms with Gasteiger partial charge in [0.2, 0.25) is 0 Å². The number of anilines is 1. The molecule has 1 N–H and O–H groups in total. The number of ether oxygens (including phenoxy) is 1. The van der Waals surface area contributed by atoms with Gasteiger partial charge in [-0.2, -0.15) is 0 Å². The molecule has 4 rings (SSSR count). The molecule has 0 bridgehead atoms. The predicted octanol–water partition coefficient (Wildman–Crippen LogP) is 6.82. The maximum atomic E-state index is 9.84. The molecule has 0 heterocycles. The van der Waals surface area contributed by atoms with Gasteiger partial charge in [-0.15, -0.1) is 0 Å². The van der Waals surface area contributed by atoms with Crippen LogP contribution in [0.25, 0.3) is 0 Å². The summed E-state index contributed by atoms with van der Waals surface area (Å²) < 4.78 is 5.60. The van der Waals surface area contributed by atoms with Crippen LogP contribution in [0.2, 0.25) is 0 Å². The fourth-order valence-corrected chi connectivity index (χ4v) is 4.87. The van der Waals surface area contributed by atoms with E-state index >= 15 is 0 Å². The molecule has 0 aliphatic heterocycles. The van der Waals surface area contributed by atoms with Gasteiger partial charge in [0, 0.05) is 24.8 Å². The Bertz CT molecular complexity index is 1060. The molecule has 0 saturated heterocycles. The molecule has 0 saturated carbocycles. The molecule has 3 aromatic rings. The number of hydrogen-bond donors (Lipinski definition) is 1. The lowest BCUT2D eigenvalue weighted by atomic mass is 9.79. The highest BCUT2D eigenvalue weighted by molar-refractivity contribution is 5.60. The molecule has 3 nitrogen and oxygen atoms in total. The van der Waals surface area contributed by atoms with Gasteiger partial charge in [0.1, 0.15) is 11.5 Å². The van der Waals surface area contributed by atoms with Crippen molar-refractivity contribution in [1.29, 1.82) is 0 Å². The van der Waals surface area contributed by atoms with Crippen LogP contribution in [-0.4, -0.2) is 18.8 Å². The minimum Gasteiger partial charge on any atom is -0.508 e. The SMILES string of the molecule is CCN(Cc1ccc(C(C)C)cc1)c1cc(OC)ccc1[C@@H]1CCc2cc(O)ccc2C1. The van der Waals surface area contributed by atoms with Crippen molar-refractivity contribution in [3.63, 3.8) is 0 Å². The van der Waals surface area contributed by atoms with E-state index in [0.29, 0.717) is 17.6 Å². The van der Waals surface area contributed by atoms with E-state index in [1.165, 1.54) is 33.5 Å². The average molecular weight is 430 g/mol. The first-order valence-corrected chi connectivity index (χ1v) is 11.8. The number of aryl methyl sites for hydroxylation is 1. The van der Waals surface area contributed by atoms with Crippen LogP contribution < -0.4 is 9.64 Å². The lowest BCUT2D eigenvalue weighted by molar-refractivity contribution is 0.414. The molecular weight excluding hydrogens is 394 g/mol. The van der Waals surface area contributed by atoms with E-state index in [1.54, 1.807) is 7.11 Å². The van der Waals surface area contributed by atoms with Gasteiger partial charge in [-0.3, -0.25) is 0 Å². The van der Waals surface area contributed by atoms with E-state index in [1.807, 2.05) is 12.1 Å². The van der Waals surface area contributed by atoms with Crippen LogP contribution in [0.15, 0.2) is 60.7 Å². The molecule has 1 aliphatic carbocycles. The van der Waals surface area contributed by atoms with Gasteiger partial charge in [0.15, 0.2) is 0 Å². The molecule has 0 amide bonds. The molecule has 1 aliphatic rings. The van der Waals surface area contributed by atoms with Gasteiger partial charge in [-0.05, 0) is 84.0 Å². The summed E-state index contributed by atoms with van der Waals surface area (Å²) in [5.41, 5.74) is 8.01. The van der Waals surface area contributed by atoms with Gasteiger partial charge in [-0.1, -0.05) is 50.2 Å². The molecular formula is C29H35NO2. The van der Waals surface area contributed by atoms with Crippen LogP contribution in [0, 0.1) is 0 Å². The Morgan fingerprint density at radius 1 is 1.00 bits per heavy atom. The highest BCUT2D eigenvalue weighted by Crippen LogP contribution is 2.40. The third kappa shape index (κ3) is 4.77. The van der Waals surface area contributed by atoms with E-state index in [9.17, 15) is 5.11 Å². The van der Waals surface area contributed by atoms with Gasteiger partial charge in [0.05, 0.1) is 7.11 Å². The van der Waals surface area contributed by atoms with Gasteiger partial charge in [0.25, 0.3) is 0 Å². The second kappa shape index (κ2) is 9.68. The number of phenols is 1. The molecule has 0 radical (unpaired) electrons. The minimum absolute atomic E-state index is 0.368. The Labute approximate surface area is 192 Å². The predicted molar refractivity (Wildman–Crippen MR) is 133 cm³/mol. The number of phenolic OH excluding ortho intramolecular Hbond substituents is 1. The van der Waals surface area contributed by atoms with E-state index < -0.39 is 0 Å². The third-order valence-corrected chi connectivity index (χ3v) is 6.84. The first-order chi connectivity index (χ1) is 15.5. The first kappa shape index (κ1) is 22.3. The Kier molecular flexibility index (Phi) is 6.74. The molecule has 32 heavy (non-hydrogen) atoms. The van der Waals surface area contributed by atoms with Crippen molar-refractivity contribution in [2.45, 2.75) is 58.4 Å². The van der Waals surface area contributed by atoms with Crippen LogP contribution in [0.1, 0.15) is 66.8 Å². The van der Waals surface area contributed by atoms with Crippen LogP contribution in [-0.2, 0) is 19.4 Å². The van der Waals surface area contributed by atoms with Crippen molar-refractivity contribution in [2.75, 3.05) is 18.6 Å². The molecule has 3 aromatic carbocycles. The largest absolute Gasteiger partial charge is 0.508 e. The first-order valence-electron chi connectivity index (χ1n) is 11.8. The van der Waals surface area contributed by atoms with Crippen molar-refractivity contribution in [3.8, 4) is 11.5 Å². The van der Waals surface area contributed by atoms with Gasteiger partial charge < -0.3 is 14.7 Å². The van der Waals surface area contributed by atoms with Crippen LogP contribution >= 0.6 is 0 Å². The molecule has 3 heteroatoms. The highest BCUT2D eigenvalue weighted by Gasteiger charge is 2.24. The summed E-state index contributed by atoms with van der Waals surface area (Å²) in [5, 5.41) is 9.84. The van der Waals surface area contributed by atoms with Crippen molar-refractivity contribution >= 4 is 5.69 Å². The fraction of sp³-hybridized carbons (Fsp3) is 0.379. The quantitative estimate of drug-likeness (QED) is 0.447. The normalized spacial score (nSPS) is 15.5. The third-order valence-electron chi connectivity index (χ3n) is 6.84. The van der Waals surface area contributed by atoms with Crippen molar-refractivity contribution in [1.82, 2.24) is 0 Å². The van der Waals surface area contributed by atoms with E-state index in [2.05, 4.69) is 74.2 Å². The molecule has 0 aromatic heterocycles. The maximum absolute atomic E-state index is 9.84. The molecule has 0 fully saturated rings. The Morgan fingerprint density at radius 2 is 1.78 bits per heavy atom. The molecule has 0 spiro atoms. The number of nitrogens with zero attached hydrogens (tertiary/aromatic N) is 1. The van der Waals surface area contributed by atoms with Gasteiger partial charge >= 0.3 is 0 Å². The minimum atomic E-state index is 0.368. The van der Waals surface area contributed by atoms with Crippen LogP contribution in [0.4, 0.5) is 5.69 Å². The summed E-state index contributed by atoms with van der Waals surface area (Å²) in [6, 6.07) is 21.4. The number of rotatable bonds is 7. The standard InChI is InChI=1S/C29H35NO2/c1-5-30(19-21-6-8-22(9-7-21)20(2)3)29-18-27(32-4)14-15-28(29)25-11-10-24-17-26(31)13-12-23(24)16-25/h6-9,12-15,17-18,20,25,31H,5,10-11,16,19H2,1-4H3/t25-/m1/s1. The number of aromatic hydroxyl groups is 1. The molecule has 168 valence electrons. The Morgan fingerprint density at radius 3 is 2.47 bits per heavy atom. The van der Waals surface area contributed by atoms with E-state index in [0.717, 1.165) is 38.1 Å².